The summed E-state index contributed by atoms with van der Waals surface area (Å²) in [6.45, 7) is 2.16. The van der Waals surface area contributed by atoms with Gasteiger partial charge >= 0.3 is 0 Å². The summed E-state index contributed by atoms with van der Waals surface area (Å²) >= 11 is 0. The molecule has 0 saturated heterocycles. The molecule has 3 rings (SSSR count). The number of furan rings is 1. The van der Waals surface area contributed by atoms with Crippen LogP contribution in [0.25, 0.3) is 0 Å². The van der Waals surface area contributed by atoms with Crippen LogP contribution in [0.4, 0.5) is 0 Å². The summed E-state index contributed by atoms with van der Waals surface area (Å²) < 4.78 is 15.8. The van der Waals surface area contributed by atoms with Crippen molar-refractivity contribution in [3.05, 3.63) is 47.9 Å². The lowest BCUT2D eigenvalue weighted by atomic mass is 10.1. The van der Waals surface area contributed by atoms with E-state index in [4.69, 9.17) is 13.9 Å². The fourth-order valence-electron chi connectivity index (χ4n) is 2.28. The monoisotopic (exact) mass is 287 g/mol. The molecule has 0 saturated carbocycles. The topological polar surface area (TPSA) is 60.7 Å². The molecule has 1 aliphatic rings. The van der Waals surface area contributed by atoms with Crippen molar-refractivity contribution < 1.29 is 18.7 Å². The Morgan fingerprint density at radius 2 is 2.14 bits per heavy atom. The summed E-state index contributed by atoms with van der Waals surface area (Å²) in [5.74, 6) is 2.26. The van der Waals surface area contributed by atoms with Crippen LogP contribution in [-0.4, -0.2) is 12.7 Å². The van der Waals surface area contributed by atoms with Crippen molar-refractivity contribution in [1.82, 2.24) is 5.32 Å². The quantitative estimate of drug-likeness (QED) is 0.918. The lowest BCUT2D eigenvalue weighted by Gasteiger charge is -2.11. The van der Waals surface area contributed by atoms with E-state index in [9.17, 15) is 4.79 Å². The SMILES string of the molecule is C[C@H](NC(=O)CCc1ccc2c(c1)OCO2)c1ccco1. The smallest absolute Gasteiger partial charge is 0.231 e. The molecule has 1 atom stereocenters. The molecule has 0 spiro atoms. The average molecular weight is 287 g/mol. The van der Waals surface area contributed by atoms with Gasteiger partial charge in [0.1, 0.15) is 5.76 Å². The van der Waals surface area contributed by atoms with Crippen molar-refractivity contribution in [2.75, 3.05) is 6.79 Å². The van der Waals surface area contributed by atoms with E-state index >= 15 is 0 Å². The van der Waals surface area contributed by atoms with Gasteiger partial charge in [0.2, 0.25) is 12.7 Å². The molecular formula is C16H17NO4. The first-order valence-corrected chi connectivity index (χ1v) is 6.93. The van der Waals surface area contributed by atoms with Gasteiger partial charge in [0.05, 0.1) is 12.3 Å². The number of carbonyl (C=O) groups is 1. The first kappa shape index (κ1) is 13.5. The Balaban J connectivity index is 1.52. The molecule has 110 valence electrons. The lowest BCUT2D eigenvalue weighted by Crippen LogP contribution is -2.26. The van der Waals surface area contributed by atoms with Gasteiger partial charge in [-0.15, -0.1) is 0 Å². The van der Waals surface area contributed by atoms with Crippen molar-refractivity contribution in [3.63, 3.8) is 0 Å². The maximum Gasteiger partial charge on any atom is 0.231 e. The zero-order chi connectivity index (χ0) is 14.7. The molecular weight excluding hydrogens is 270 g/mol. The second kappa shape index (κ2) is 5.91. The second-order valence-electron chi connectivity index (χ2n) is 4.99. The van der Waals surface area contributed by atoms with E-state index in [0.717, 1.165) is 22.8 Å². The van der Waals surface area contributed by atoms with Gasteiger partial charge in [-0.2, -0.15) is 0 Å². The molecule has 1 amide bonds. The zero-order valence-electron chi connectivity index (χ0n) is 11.8. The fraction of sp³-hybridized carbons (Fsp3) is 0.312. The number of hydrogen-bond acceptors (Lipinski definition) is 4. The number of nitrogens with one attached hydrogen (secondary N) is 1. The molecule has 1 aliphatic heterocycles. The van der Waals surface area contributed by atoms with Crippen LogP contribution in [0.3, 0.4) is 0 Å². The van der Waals surface area contributed by atoms with Gasteiger partial charge in [-0.05, 0) is 43.2 Å². The van der Waals surface area contributed by atoms with Crippen LogP contribution < -0.4 is 14.8 Å². The number of amides is 1. The molecule has 1 aromatic carbocycles. The third-order valence-electron chi connectivity index (χ3n) is 3.43. The van der Waals surface area contributed by atoms with Crippen molar-refractivity contribution in [3.8, 4) is 11.5 Å². The van der Waals surface area contributed by atoms with E-state index in [1.54, 1.807) is 6.26 Å². The maximum atomic E-state index is 11.9. The van der Waals surface area contributed by atoms with Crippen LogP contribution in [0, 0.1) is 0 Å². The molecule has 2 aromatic rings. The van der Waals surface area contributed by atoms with E-state index in [1.807, 2.05) is 37.3 Å². The van der Waals surface area contributed by atoms with E-state index in [0.29, 0.717) is 12.8 Å². The van der Waals surface area contributed by atoms with E-state index < -0.39 is 0 Å². The van der Waals surface area contributed by atoms with Crippen LogP contribution in [0.15, 0.2) is 41.0 Å². The van der Waals surface area contributed by atoms with Gasteiger partial charge in [0, 0.05) is 6.42 Å². The Labute approximate surface area is 122 Å². The summed E-state index contributed by atoms with van der Waals surface area (Å²) in [5.41, 5.74) is 1.06. The van der Waals surface area contributed by atoms with E-state index in [1.165, 1.54) is 0 Å². The highest BCUT2D eigenvalue weighted by molar-refractivity contribution is 5.76. The van der Waals surface area contributed by atoms with Gasteiger partial charge < -0.3 is 19.2 Å². The number of aryl methyl sites for hydroxylation is 1. The number of hydrogen-bond donors (Lipinski definition) is 1. The minimum Gasteiger partial charge on any atom is -0.467 e. The normalized spacial score (nSPS) is 14.0. The molecule has 0 aliphatic carbocycles. The largest absolute Gasteiger partial charge is 0.467 e. The van der Waals surface area contributed by atoms with Crippen LogP contribution in [-0.2, 0) is 11.2 Å². The Bertz CT molecular complexity index is 621. The molecule has 5 nitrogen and oxygen atoms in total. The number of benzene rings is 1. The lowest BCUT2D eigenvalue weighted by molar-refractivity contribution is -0.121. The fourth-order valence-corrected chi connectivity index (χ4v) is 2.28. The molecule has 2 heterocycles. The third-order valence-corrected chi connectivity index (χ3v) is 3.43. The molecule has 21 heavy (non-hydrogen) atoms. The molecule has 0 fully saturated rings. The zero-order valence-corrected chi connectivity index (χ0v) is 11.8. The van der Waals surface area contributed by atoms with Crippen molar-refractivity contribution >= 4 is 5.91 Å². The summed E-state index contributed by atoms with van der Waals surface area (Å²) in [5, 5.41) is 2.92. The van der Waals surface area contributed by atoms with Crippen molar-refractivity contribution in [1.29, 1.82) is 0 Å². The Kier molecular flexibility index (Phi) is 3.81. The minimum absolute atomic E-state index is 0.00318. The first-order chi connectivity index (χ1) is 10.2. The Morgan fingerprint density at radius 3 is 2.95 bits per heavy atom. The maximum absolute atomic E-state index is 11.9. The second-order valence-corrected chi connectivity index (χ2v) is 4.99. The van der Waals surface area contributed by atoms with Crippen LogP contribution >= 0.6 is 0 Å². The van der Waals surface area contributed by atoms with Crippen LogP contribution in [0.5, 0.6) is 11.5 Å². The number of rotatable bonds is 5. The van der Waals surface area contributed by atoms with Crippen LogP contribution in [0.2, 0.25) is 0 Å². The number of fused-ring (bicyclic) bond motifs is 1. The van der Waals surface area contributed by atoms with Gasteiger partial charge in [-0.25, -0.2) is 0 Å². The molecule has 0 unspecified atom stereocenters. The molecule has 5 heteroatoms. The van der Waals surface area contributed by atoms with Crippen molar-refractivity contribution in [2.45, 2.75) is 25.8 Å². The predicted octanol–water partition coefficient (Wildman–Crippen LogP) is 2.82. The molecule has 1 N–H and O–H groups in total. The van der Waals surface area contributed by atoms with Crippen molar-refractivity contribution in [2.24, 2.45) is 0 Å². The minimum atomic E-state index is -0.121. The first-order valence-electron chi connectivity index (χ1n) is 6.93. The molecule has 0 radical (unpaired) electrons. The average Bonchev–Trinajstić information content (AvgIpc) is 3.15. The number of carbonyl (C=O) groups excluding carboxylic acids is 1. The standard InChI is InChI=1S/C16H17NO4/c1-11(13-3-2-8-19-13)17-16(18)7-5-12-4-6-14-15(9-12)21-10-20-14/h2-4,6,8-9,11H,5,7,10H2,1H3,(H,17,18)/t11-/m0/s1. The highest BCUT2D eigenvalue weighted by atomic mass is 16.7. The van der Waals surface area contributed by atoms with Crippen LogP contribution in [0.1, 0.15) is 30.7 Å². The van der Waals surface area contributed by atoms with Gasteiger partial charge in [-0.3, -0.25) is 4.79 Å². The summed E-state index contributed by atoms with van der Waals surface area (Å²) in [4.78, 5) is 11.9. The molecule has 0 bridgehead atoms. The summed E-state index contributed by atoms with van der Waals surface area (Å²) in [6, 6.07) is 9.29. The van der Waals surface area contributed by atoms with E-state index in [2.05, 4.69) is 5.32 Å². The highest BCUT2D eigenvalue weighted by Gasteiger charge is 2.15. The Morgan fingerprint density at radius 1 is 1.29 bits per heavy atom. The Hall–Kier alpha value is -2.43. The van der Waals surface area contributed by atoms with Gasteiger partial charge in [0.25, 0.3) is 0 Å². The van der Waals surface area contributed by atoms with Gasteiger partial charge in [0.15, 0.2) is 11.5 Å². The van der Waals surface area contributed by atoms with Gasteiger partial charge in [-0.1, -0.05) is 6.07 Å². The summed E-state index contributed by atoms with van der Waals surface area (Å²) in [6.07, 6.45) is 2.68. The molecule has 1 aromatic heterocycles. The summed E-state index contributed by atoms with van der Waals surface area (Å²) in [7, 11) is 0. The highest BCUT2D eigenvalue weighted by Crippen LogP contribution is 2.32. The predicted molar refractivity (Wildman–Crippen MR) is 76.2 cm³/mol. The number of ether oxygens (including phenoxy) is 2. The van der Waals surface area contributed by atoms with E-state index in [-0.39, 0.29) is 18.7 Å². The third kappa shape index (κ3) is 3.18.